The highest BCUT2D eigenvalue weighted by molar-refractivity contribution is 6.04. The minimum Gasteiger partial charge on any atom is -0.302 e. The molecule has 6 heteroatoms. The number of likely N-dealkylation sites (N-methyl/N-ethyl adjacent to an activating group) is 4. The molecule has 0 saturated heterocycles. The molecule has 0 aliphatic heterocycles. The number of Topliss-reactive ketones (excluding diaryl/α,β-unsaturated/α-hetero) is 2. The second-order valence-electron chi connectivity index (χ2n) is 14.4. The zero-order chi connectivity index (χ0) is 36.3. The van der Waals surface area contributed by atoms with E-state index in [0.717, 1.165) is 51.4 Å². The molecule has 0 aromatic carbocycles. The Morgan fingerprint density at radius 2 is 0.735 bits per heavy atom. The summed E-state index contributed by atoms with van der Waals surface area (Å²) in [6, 6.07) is 0. The molecule has 0 heterocycles. The van der Waals surface area contributed by atoms with Gasteiger partial charge in [0, 0.05) is 12.8 Å². The van der Waals surface area contributed by atoms with Gasteiger partial charge >= 0.3 is 0 Å². The van der Waals surface area contributed by atoms with Crippen LogP contribution >= 0.6 is 0 Å². The monoisotopic (exact) mass is 689 g/mol. The zero-order valence-corrected chi connectivity index (χ0v) is 33.6. The van der Waals surface area contributed by atoms with Crippen LogP contribution in [0.4, 0.5) is 0 Å². The highest BCUT2D eigenvalue weighted by Crippen LogP contribution is 2.25. The SMILES string of the molecule is CCCCCCCCC=CCCCCCCCC(=O)C(C(=O)CCCCCCCC=CCCCCCCCC)C(NC)(NC)C(NC)NC. The molecule has 0 aliphatic rings. The number of hydrogen-bond donors (Lipinski definition) is 4. The summed E-state index contributed by atoms with van der Waals surface area (Å²) in [6.45, 7) is 4.54. The van der Waals surface area contributed by atoms with E-state index in [9.17, 15) is 9.59 Å². The molecule has 0 aromatic rings. The van der Waals surface area contributed by atoms with Gasteiger partial charge < -0.3 is 10.6 Å². The molecule has 0 rings (SSSR count). The maximum Gasteiger partial charge on any atom is 0.146 e. The van der Waals surface area contributed by atoms with Gasteiger partial charge in [0.1, 0.15) is 23.1 Å². The Balaban J connectivity index is 4.59. The maximum atomic E-state index is 13.8. The van der Waals surface area contributed by atoms with Gasteiger partial charge in [0.25, 0.3) is 0 Å². The lowest BCUT2D eigenvalue weighted by molar-refractivity contribution is -0.138. The number of carbonyl (C=O) groups is 2. The van der Waals surface area contributed by atoms with Crippen LogP contribution in [-0.2, 0) is 9.59 Å². The number of nitrogens with one attached hydrogen (secondary N) is 4. The average molecular weight is 689 g/mol. The molecule has 0 spiro atoms. The summed E-state index contributed by atoms with van der Waals surface area (Å²) in [7, 11) is 7.42. The van der Waals surface area contributed by atoms with Crippen molar-refractivity contribution in [3.05, 3.63) is 24.3 Å². The predicted molar refractivity (Wildman–Crippen MR) is 215 cm³/mol. The fraction of sp³-hybridized carbons (Fsp3) is 0.860. The summed E-state index contributed by atoms with van der Waals surface area (Å²) in [6.07, 6.45) is 42.0. The van der Waals surface area contributed by atoms with Crippen molar-refractivity contribution in [3.8, 4) is 0 Å². The van der Waals surface area contributed by atoms with Crippen LogP contribution in [-0.4, -0.2) is 51.6 Å². The number of hydrogen-bond acceptors (Lipinski definition) is 6. The summed E-state index contributed by atoms with van der Waals surface area (Å²) in [4.78, 5) is 27.6. The number of ketones is 2. The molecular weight excluding hydrogens is 604 g/mol. The van der Waals surface area contributed by atoms with Gasteiger partial charge in [-0.1, -0.05) is 141 Å². The Morgan fingerprint density at radius 1 is 0.449 bits per heavy atom. The van der Waals surface area contributed by atoms with Gasteiger partial charge in [-0.05, 0) is 92.4 Å². The molecule has 0 bridgehead atoms. The van der Waals surface area contributed by atoms with E-state index in [0.29, 0.717) is 12.8 Å². The Bertz CT molecular complexity index is 752. The Labute approximate surface area is 305 Å². The van der Waals surface area contributed by atoms with Gasteiger partial charge in [-0.25, -0.2) is 0 Å². The summed E-state index contributed by atoms with van der Waals surface area (Å²) in [5, 5.41) is 13.2. The Morgan fingerprint density at radius 3 is 1.02 bits per heavy atom. The minimum atomic E-state index is -0.901. The fourth-order valence-electron chi connectivity index (χ4n) is 7.18. The van der Waals surface area contributed by atoms with E-state index in [1.807, 2.05) is 28.2 Å². The van der Waals surface area contributed by atoms with E-state index in [-0.39, 0.29) is 17.7 Å². The quantitative estimate of drug-likeness (QED) is 0.0224. The molecule has 49 heavy (non-hydrogen) atoms. The van der Waals surface area contributed by atoms with Crippen LogP contribution < -0.4 is 21.3 Å². The molecule has 0 fully saturated rings. The molecular formula is C43H84N4O2. The first-order valence-corrected chi connectivity index (χ1v) is 21.1. The molecule has 0 aromatic heterocycles. The van der Waals surface area contributed by atoms with E-state index < -0.39 is 11.6 Å². The van der Waals surface area contributed by atoms with E-state index in [1.54, 1.807) is 0 Å². The molecule has 0 atom stereocenters. The molecule has 0 saturated carbocycles. The van der Waals surface area contributed by atoms with Gasteiger partial charge in [0.05, 0.1) is 6.17 Å². The maximum absolute atomic E-state index is 13.8. The Hall–Kier alpha value is -1.34. The smallest absolute Gasteiger partial charge is 0.146 e. The number of unbranched alkanes of at least 4 members (excludes halogenated alkanes) is 22. The normalized spacial score (nSPS) is 13.0. The van der Waals surface area contributed by atoms with E-state index >= 15 is 0 Å². The van der Waals surface area contributed by atoms with Crippen molar-refractivity contribution in [1.82, 2.24) is 21.3 Å². The highest BCUT2D eigenvalue weighted by atomic mass is 16.2. The number of allylic oxidation sites excluding steroid dienone is 4. The van der Waals surface area contributed by atoms with Gasteiger partial charge in [0.2, 0.25) is 0 Å². The average Bonchev–Trinajstić information content (AvgIpc) is 3.11. The zero-order valence-electron chi connectivity index (χ0n) is 33.6. The Kier molecular flexibility index (Phi) is 34.1. The van der Waals surface area contributed by atoms with Crippen molar-refractivity contribution in [1.29, 1.82) is 0 Å². The van der Waals surface area contributed by atoms with Crippen LogP contribution in [0.15, 0.2) is 24.3 Å². The first kappa shape index (κ1) is 47.7. The molecule has 0 unspecified atom stereocenters. The number of carbonyl (C=O) groups excluding carboxylic acids is 2. The highest BCUT2D eigenvalue weighted by Gasteiger charge is 2.49. The van der Waals surface area contributed by atoms with Crippen LogP contribution in [0.1, 0.15) is 194 Å². The second-order valence-corrected chi connectivity index (χ2v) is 14.4. The minimum absolute atomic E-state index is 0.0505. The van der Waals surface area contributed by atoms with Crippen molar-refractivity contribution in [2.75, 3.05) is 28.2 Å². The fourth-order valence-corrected chi connectivity index (χ4v) is 7.18. The molecule has 4 N–H and O–H groups in total. The van der Waals surface area contributed by atoms with Crippen molar-refractivity contribution in [3.63, 3.8) is 0 Å². The molecule has 0 aliphatic carbocycles. The summed E-state index contributed by atoms with van der Waals surface area (Å²) in [5.74, 6) is -0.648. The lowest BCUT2D eigenvalue weighted by Crippen LogP contribution is -2.75. The molecule has 0 radical (unpaired) electrons. The lowest BCUT2D eigenvalue weighted by atomic mass is 9.79. The van der Waals surface area contributed by atoms with Crippen molar-refractivity contribution < 1.29 is 9.59 Å². The third-order valence-electron chi connectivity index (χ3n) is 10.3. The molecule has 0 amide bonds. The van der Waals surface area contributed by atoms with Gasteiger partial charge in [0.15, 0.2) is 0 Å². The molecule has 6 nitrogen and oxygen atoms in total. The third kappa shape index (κ3) is 23.7. The summed E-state index contributed by atoms with van der Waals surface area (Å²) in [5.41, 5.74) is -0.901. The van der Waals surface area contributed by atoms with Crippen LogP contribution in [0, 0.1) is 5.92 Å². The van der Waals surface area contributed by atoms with Gasteiger partial charge in [-0.3, -0.25) is 20.2 Å². The van der Waals surface area contributed by atoms with Crippen LogP contribution in [0.5, 0.6) is 0 Å². The van der Waals surface area contributed by atoms with Crippen LogP contribution in [0.2, 0.25) is 0 Å². The lowest BCUT2D eigenvalue weighted by Gasteiger charge is -2.44. The van der Waals surface area contributed by atoms with E-state index in [4.69, 9.17) is 0 Å². The topological polar surface area (TPSA) is 82.3 Å². The van der Waals surface area contributed by atoms with Crippen molar-refractivity contribution in [2.24, 2.45) is 5.92 Å². The van der Waals surface area contributed by atoms with Crippen LogP contribution in [0.25, 0.3) is 0 Å². The van der Waals surface area contributed by atoms with E-state index in [2.05, 4.69) is 59.4 Å². The third-order valence-corrected chi connectivity index (χ3v) is 10.3. The van der Waals surface area contributed by atoms with Gasteiger partial charge in [-0.2, -0.15) is 0 Å². The molecule has 288 valence electrons. The van der Waals surface area contributed by atoms with Crippen molar-refractivity contribution >= 4 is 11.6 Å². The van der Waals surface area contributed by atoms with Crippen molar-refractivity contribution in [2.45, 2.75) is 205 Å². The van der Waals surface area contributed by atoms with Crippen LogP contribution in [0.3, 0.4) is 0 Å². The summed E-state index contributed by atoms with van der Waals surface area (Å²) >= 11 is 0. The second kappa shape index (κ2) is 35.1. The summed E-state index contributed by atoms with van der Waals surface area (Å²) < 4.78 is 0. The van der Waals surface area contributed by atoms with E-state index in [1.165, 1.54) is 116 Å². The first-order chi connectivity index (χ1) is 24.0. The predicted octanol–water partition coefficient (Wildman–Crippen LogP) is 10.7. The number of rotatable bonds is 38. The first-order valence-electron chi connectivity index (χ1n) is 21.1. The largest absolute Gasteiger partial charge is 0.302 e. The van der Waals surface area contributed by atoms with Gasteiger partial charge in [-0.15, -0.1) is 0 Å². The standard InChI is InChI=1S/C43H84N4O2/c1-7-9-11-13-15-17-19-21-23-25-27-29-31-33-35-37-39(48)41(43(46-5,47-6)42(44-3)45-4)40(49)38-36-34-32-30-28-26-24-22-20-18-16-14-12-10-8-2/h21-24,41-42,44-47H,7-20,25-38H2,1-6H3.